The molecule has 0 saturated carbocycles. The predicted octanol–water partition coefficient (Wildman–Crippen LogP) is 4.64. The van der Waals surface area contributed by atoms with Crippen LogP contribution in [0.5, 0.6) is 5.75 Å². The lowest BCUT2D eigenvalue weighted by atomic mass is 10.1. The summed E-state index contributed by atoms with van der Waals surface area (Å²) in [5.41, 5.74) is 4.07. The summed E-state index contributed by atoms with van der Waals surface area (Å²) in [6.45, 7) is 4.31. The lowest BCUT2D eigenvalue weighted by Crippen LogP contribution is -2.24. The highest BCUT2D eigenvalue weighted by Crippen LogP contribution is 2.16. The molecule has 3 aromatic carbocycles. The maximum absolute atomic E-state index is 12.4. The summed E-state index contributed by atoms with van der Waals surface area (Å²) in [6, 6.07) is 21.3. The Bertz CT molecular complexity index is 1110. The number of amides is 2. The van der Waals surface area contributed by atoms with Crippen LogP contribution in [0.2, 0.25) is 0 Å². The van der Waals surface area contributed by atoms with Crippen LogP contribution in [0.25, 0.3) is 0 Å². The van der Waals surface area contributed by atoms with Crippen LogP contribution in [-0.2, 0) is 22.5 Å². The molecular weight excluding hydrogens is 420 g/mol. The SMILES string of the molecule is CCOC(=O)Oc1ccc(C(=O)Nc2ccc(CNC(=O)Cc3cccc(C)c3)cc2)cc1. The van der Waals surface area contributed by atoms with Gasteiger partial charge in [0.05, 0.1) is 13.0 Å². The Morgan fingerprint density at radius 2 is 1.61 bits per heavy atom. The van der Waals surface area contributed by atoms with Crippen LogP contribution >= 0.6 is 0 Å². The van der Waals surface area contributed by atoms with E-state index in [0.29, 0.717) is 30.0 Å². The standard InChI is InChI=1S/C26H26N2O5/c1-3-32-26(31)33-23-13-9-21(10-14-23)25(30)28-22-11-7-19(8-12-22)17-27-24(29)16-20-6-4-5-18(2)15-20/h4-15H,3,16-17H2,1-2H3,(H,27,29)(H,28,30). The number of anilines is 1. The molecule has 0 atom stereocenters. The van der Waals surface area contributed by atoms with E-state index in [1.54, 1.807) is 31.2 Å². The molecule has 2 amide bonds. The summed E-state index contributed by atoms with van der Waals surface area (Å²) < 4.78 is 9.69. The second-order valence-electron chi connectivity index (χ2n) is 7.40. The minimum Gasteiger partial charge on any atom is -0.434 e. The minimum absolute atomic E-state index is 0.0478. The van der Waals surface area contributed by atoms with Crippen LogP contribution in [0, 0.1) is 6.92 Å². The molecule has 7 heteroatoms. The molecule has 0 aliphatic heterocycles. The lowest BCUT2D eigenvalue weighted by molar-refractivity contribution is -0.120. The van der Waals surface area contributed by atoms with Crippen molar-refractivity contribution in [1.29, 1.82) is 0 Å². The zero-order valence-electron chi connectivity index (χ0n) is 18.6. The summed E-state index contributed by atoms with van der Waals surface area (Å²) in [5.74, 6) is -0.0518. The molecule has 33 heavy (non-hydrogen) atoms. The van der Waals surface area contributed by atoms with E-state index in [2.05, 4.69) is 10.6 Å². The molecule has 0 fully saturated rings. The van der Waals surface area contributed by atoms with Gasteiger partial charge in [0.25, 0.3) is 5.91 Å². The van der Waals surface area contributed by atoms with Crippen molar-refractivity contribution in [3.63, 3.8) is 0 Å². The van der Waals surface area contributed by atoms with Crippen molar-refractivity contribution in [2.75, 3.05) is 11.9 Å². The van der Waals surface area contributed by atoms with Gasteiger partial charge in [-0.15, -0.1) is 0 Å². The van der Waals surface area contributed by atoms with Crippen molar-refractivity contribution in [1.82, 2.24) is 5.32 Å². The van der Waals surface area contributed by atoms with Gasteiger partial charge >= 0.3 is 6.16 Å². The topological polar surface area (TPSA) is 93.7 Å². The van der Waals surface area contributed by atoms with Gasteiger partial charge in [0.2, 0.25) is 5.91 Å². The monoisotopic (exact) mass is 446 g/mol. The lowest BCUT2D eigenvalue weighted by Gasteiger charge is -2.09. The largest absolute Gasteiger partial charge is 0.513 e. The van der Waals surface area contributed by atoms with Crippen LogP contribution in [0.15, 0.2) is 72.8 Å². The fraction of sp³-hybridized carbons (Fsp3) is 0.192. The van der Waals surface area contributed by atoms with Crippen LogP contribution in [0.1, 0.15) is 34.0 Å². The normalized spacial score (nSPS) is 10.2. The summed E-state index contributed by atoms with van der Waals surface area (Å²) in [4.78, 5) is 36.0. The molecule has 0 aliphatic carbocycles. The second-order valence-corrected chi connectivity index (χ2v) is 7.40. The summed E-state index contributed by atoms with van der Waals surface area (Å²) in [6.07, 6.45) is -0.458. The highest BCUT2D eigenvalue weighted by atomic mass is 16.7. The zero-order valence-corrected chi connectivity index (χ0v) is 18.6. The molecule has 7 nitrogen and oxygen atoms in total. The van der Waals surface area contributed by atoms with Gasteiger partial charge in [-0.1, -0.05) is 42.0 Å². The molecule has 0 saturated heterocycles. The molecule has 3 rings (SSSR count). The third kappa shape index (κ3) is 7.50. The maximum Gasteiger partial charge on any atom is 0.513 e. The van der Waals surface area contributed by atoms with Crippen LogP contribution in [-0.4, -0.2) is 24.6 Å². The zero-order chi connectivity index (χ0) is 23.6. The van der Waals surface area contributed by atoms with Gasteiger partial charge in [0, 0.05) is 17.8 Å². The average Bonchev–Trinajstić information content (AvgIpc) is 2.79. The number of hydrogen-bond donors (Lipinski definition) is 2. The second kappa shape index (κ2) is 11.5. The number of rotatable bonds is 8. The Kier molecular flexibility index (Phi) is 8.18. The van der Waals surface area contributed by atoms with E-state index >= 15 is 0 Å². The molecule has 0 bridgehead atoms. The van der Waals surface area contributed by atoms with E-state index in [1.807, 2.05) is 43.3 Å². The molecule has 2 N–H and O–H groups in total. The van der Waals surface area contributed by atoms with E-state index < -0.39 is 6.16 Å². The smallest absolute Gasteiger partial charge is 0.434 e. The Morgan fingerprint density at radius 3 is 2.27 bits per heavy atom. The number of ether oxygens (including phenoxy) is 2. The fourth-order valence-electron chi connectivity index (χ4n) is 3.10. The van der Waals surface area contributed by atoms with E-state index in [-0.39, 0.29) is 18.4 Å². The minimum atomic E-state index is -0.791. The third-order valence-corrected chi connectivity index (χ3v) is 4.73. The van der Waals surface area contributed by atoms with E-state index in [4.69, 9.17) is 9.47 Å². The van der Waals surface area contributed by atoms with Crippen molar-refractivity contribution < 1.29 is 23.9 Å². The van der Waals surface area contributed by atoms with Crippen LogP contribution in [0.4, 0.5) is 10.5 Å². The molecule has 170 valence electrons. The molecular formula is C26H26N2O5. The van der Waals surface area contributed by atoms with E-state index in [1.165, 1.54) is 12.1 Å². The van der Waals surface area contributed by atoms with Crippen molar-refractivity contribution in [2.24, 2.45) is 0 Å². The third-order valence-electron chi connectivity index (χ3n) is 4.73. The first-order valence-corrected chi connectivity index (χ1v) is 10.6. The Labute approximate surface area is 192 Å². The van der Waals surface area contributed by atoms with Gasteiger partial charge in [-0.2, -0.15) is 0 Å². The van der Waals surface area contributed by atoms with Crippen molar-refractivity contribution >= 4 is 23.7 Å². The molecule has 0 heterocycles. The fourth-order valence-corrected chi connectivity index (χ4v) is 3.10. The summed E-state index contributed by atoms with van der Waals surface area (Å²) >= 11 is 0. The number of nitrogens with one attached hydrogen (secondary N) is 2. The number of carbonyl (C=O) groups is 3. The first-order chi connectivity index (χ1) is 15.9. The number of hydrogen-bond acceptors (Lipinski definition) is 5. The highest BCUT2D eigenvalue weighted by molar-refractivity contribution is 6.04. The molecule has 0 aromatic heterocycles. The van der Waals surface area contributed by atoms with E-state index in [9.17, 15) is 14.4 Å². The van der Waals surface area contributed by atoms with Gasteiger partial charge in [0.15, 0.2) is 0 Å². The Hall–Kier alpha value is -4.13. The highest BCUT2D eigenvalue weighted by Gasteiger charge is 2.09. The summed E-state index contributed by atoms with van der Waals surface area (Å²) in [7, 11) is 0. The predicted molar refractivity (Wildman–Crippen MR) is 125 cm³/mol. The number of carbonyl (C=O) groups excluding carboxylic acids is 3. The van der Waals surface area contributed by atoms with Gasteiger partial charge < -0.3 is 20.1 Å². The molecule has 0 aliphatic rings. The van der Waals surface area contributed by atoms with Gasteiger partial charge in [-0.05, 0) is 61.4 Å². The number of aryl methyl sites for hydroxylation is 1. The molecule has 0 spiro atoms. The maximum atomic E-state index is 12.4. The van der Waals surface area contributed by atoms with Crippen LogP contribution in [0.3, 0.4) is 0 Å². The molecule has 0 radical (unpaired) electrons. The van der Waals surface area contributed by atoms with Crippen LogP contribution < -0.4 is 15.4 Å². The Balaban J connectivity index is 1.48. The quantitative estimate of drug-likeness (QED) is 0.388. The molecule has 3 aromatic rings. The van der Waals surface area contributed by atoms with Crippen molar-refractivity contribution in [3.8, 4) is 5.75 Å². The molecule has 0 unspecified atom stereocenters. The average molecular weight is 447 g/mol. The first-order valence-electron chi connectivity index (χ1n) is 10.6. The Morgan fingerprint density at radius 1 is 0.879 bits per heavy atom. The van der Waals surface area contributed by atoms with Gasteiger partial charge in [-0.3, -0.25) is 9.59 Å². The van der Waals surface area contributed by atoms with Gasteiger partial charge in [0.1, 0.15) is 5.75 Å². The van der Waals surface area contributed by atoms with E-state index in [0.717, 1.165) is 16.7 Å². The van der Waals surface area contributed by atoms with Crippen molar-refractivity contribution in [2.45, 2.75) is 26.8 Å². The van der Waals surface area contributed by atoms with Crippen molar-refractivity contribution in [3.05, 3.63) is 95.1 Å². The summed E-state index contributed by atoms with van der Waals surface area (Å²) in [5, 5.41) is 5.72. The van der Waals surface area contributed by atoms with Gasteiger partial charge in [-0.25, -0.2) is 4.79 Å². The first kappa shape index (κ1) is 23.5. The number of benzene rings is 3.